The van der Waals surface area contributed by atoms with Gasteiger partial charge in [0.25, 0.3) is 0 Å². The van der Waals surface area contributed by atoms with Crippen molar-refractivity contribution < 1.29 is 19.2 Å². The van der Waals surface area contributed by atoms with Crippen molar-refractivity contribution in [3.63, 3.8) is 0 Å². The molecule has 1 amide bonds. The molecule has 0 saturated heterocycles. The van der Waals surface area contributed by atoms with E-state index in [0.29, 0.717) is 11.5 Å². The zero-order chi connectivity index (χ0) is 17.0. The molecule has 1 atom stereocenters. The minimum atomic E-state index is -1.04. The summed E-state index contributed by atoms with van der Waals surface area (Å²) in [5.41, 5.74) is 2.25. The van der Waals surface area contributed by atoms with Crippen molar-refractivity contribution in [2.24, 2.45) is 0 Å². The van der Waals surface area contributed by atoms with E-state index in [0.717, 1.165) is 11.1 Å². The van der Waals surface area contributed by atoms with Crippen molar-refractivity contribution in [1.82, 2.24) is 10.1 Å². The molecule has 1 heterocycles. The van der Waals surface area contributed by atoms with Crippen LogP contribution in [0.25, 0.3) is 0 Å². The third kappa shape index (κ3) is 3.97. The second-order valence-corrected chi connectivity index (χ2v) is 5.53. The van der Waals surface area contributed by atoms with Crippen molar-refractivity contribution in [3.05, 3.63) is 52.9 Å². The van der Waals surface area contributed by atoms with E-state index in [1.54, 1.807) is 20.8 Å². The van der Waals surface area contributed by atoms with Crippen LogP contribution in [0.2, 0.25) is 0 Å². The first-order valence-electron chi connectivity index (χ1n) is 7.37. The summed E-state index contributed by atoms with van der Waals surface area (Å²) in [5.74, 6) is -1.23. The second kappa shape index (κ2) is 7.09. The van der Waals surface area contributed by atoms with Crippen molar-refractivity contribution in [2.45, 2.75) is 33.2 Å². The number of aryl methyl sites for hydroxylation is 2. The fourth-order valence-corrected chi connectivity index (χ4v) is 2.68. The first-order valence-corrected chi connectivity index (χ1v) is 7.37. The van der Waals surface area contributed by atoms with Gasteiger partial charge in [0.1, 0.15) is 12.3 Å². The molecule has 0 aliphatic heterocycles. The molecule has 0 radical (unpaired) electrons. The minimum Gasteiger partial charge on any atom is -0.480 e. The minimum absolute atomic E-state index is 0.250. The lowest BCUT2D eigenvalue weighted by molar-refractivity contribution is -0.145. The number of aliphatic carboxylic acids is 1. The van der Waals surface area contributed by atoms with Gasteiger partial charge in [0, 0.05) is 12.1 Å². The maximum atomic E-state index is 12.8. The number of carbonyl (C=O) groups is 2. The molecule has 0 spiro atoms. The second-order valence-electron chi connectivity index (χ2n) is 5.53. The number of rotatable bonds is 6. The van der Waals surface area contributed by atoms with Crippen LogP contribution < -0.4 is 0 Å². The lowest BCUT2D eigenvalue weighted by Crippen LogP contribution is -2.38. The molecule has 1 aromatic carbocycles. The number of hydrogen-bond acceptors (Lipinski definition) is 4. The number of amides is 1. The van der Waals surface area contributed by atoms with E-state index >= 15 is 0 Å². The molecule has 0 saturated carbocycles. The maximum Gasteiger partial charge on any atom is 0.323 e. The van der Waals surface area contributed by atoms with Crippen LogP contribution in [0.3, 0.4) is 0 Å². The molecule has 1 aromatic heterocycles. The van der Waals surface area contributed by atoms with E-state index in [4.69, 9.17) is 9.63 Å². The molecule has 0 fully saturated rings. The number of benzene rings is 1. The summed E-state index contributed by atoms with van der Waals surface area (Å²) < 4.78 is 5.11. The monoisotopic (exact) mass is 316 g/mol. The number of aromatic nitrogens is 1. The van der Waals surface area contributed by atoms with Gasteiger partial charge in [0.15, 0.2) is 0 Å². The van der Waals surface area contributed by atoms with Crippen molar-refractivity contribution >= 4 is 11.9 Å². The third-order valence-electron chi connectivity index (χ3n) is 3.75. The van der Waals surface area contributed by atoms with Crippen LogP contribution in [-0.4, -0.2) is 33.6 Å². The maximum absolute atomic E-state index is 12.8. The average molecular weight is 316 g/mol. The Hall–Kier alpha value is -2.63. The number of carbonyl (C=O) groups excluding carboxylic acids is 1. The van der Waals surface area contributed by atoms with Gasteiger partial charge in [-0.15, -0.1) is 0 Å². The summed E-state index contributed by atoms with van der Waals surface area (Å²) in [7, 11) is 0. The quantitative estimate of drug-likeness (QED) is 0.885. The van der Waals surface area contributed by atoms with Gasteiger partial charge in [-0.1, -0.05) is 35.5 Å². The molecule has 122 valence electrons. The smallest absolute Gasteiger partial charge is 0.323 e. The largest absolute Gasteiger partial charge is 0.480 e. The lowest BCUT2D eigenvalue weighted by atomic mass is 9.97. The molecule has 1 N–H and O–H groups in total. The van der Waals surface area contributed by atoms with Gasteiger partial charge in [-0.2, -0.15) is 0 Å². The molecule has 1 unspecified atom stereocenters. The van der Waals surface area contributed by atoms with Gasteiger partial charge in [-0.05, 0) is 26.3 Å². The first kappa shape index (κ1) is 16.7. The topological polar surface area (TPSA) is 83.6 Å². The standard InChI is InChI=1S/C17H20N2O4/c1-11(16-12(2)18-23-13(16)3)17(22)19(10-15(20)21)9-14-7-5-4-6-8-14/h4-8,11H,9-10H2,1-3H3,(H,20,21). The van der Waals surface area contributed by atoms with Crippen LogP contribution in [-0.2, 0) is 16.1 Å². The Labute approximate surface area is 134 Å². The zero-order valence-electron chi connectivity index (χ0n) is 13.4. The Kier molecular flexibility index (Phi) is 5.16. The van der Waals surface area contributed by atoms with E-state index in [1.807, 2.05) is 30.3 Å². The van der Waals surface area contributed by atoms with Gasteiger partial charge in [0.2, 0.25) is 5.91 Å². The Morgan fingerprint density at radius 1 is 1.26 bits per heavy atom. The van der Waals surface area contributed by atoms with Crippen molar-refractivity contribution in [2.75, 3.05) is 6.54 Å². The Morgan fingerprint density at radius 3 is 2.43 bits per heavy atom. The lowest BCUT2D eigenvalue weighted by Gasteiger charge is -2.24. The van der Waals surface area contributed by atoms with Crippen molar-refractivity contribution in [1.29, 1.82) is 0 Å². The molecular formula is C17H20N2O4. The molecule has 23 heavy (non-hydrogen) atoms. The van der Waals surface area contributed by atoms with E-state index in [1.165, 1.54) is 4.90 Å². The van der Waals surface area contributed by atoms with Gasteiger partial charge < -0.3 is 14.5 Å². The highest BCUT2D eigenvalue weighted by Crippen LogP contribution is 2.25. The zero-order valence-corrected chi connectivity index (χ0v) is 13.4. The van der Waals surface area contributed by atoms with Gasteiger partial charge in [0.05, 0.1) is 11.6 Å². The molecule has 2 aromatic rings. The van der Waals surface area contributed by atoms with E-state index < -0.39 is 11.9 Å². The van der Waals surface area contributed by atoms with Crippen LogP contribution >= 0.6 is 0 Å². The highest BCUT2D eigenvalue weighted by atomic mass is 16.5. The number of carboxylic acids is 1. The molecule has 0 bridgehead atoms. The predicted octanol–water partition coefficient (Wildman–Crippen LogP) is 2.51. The molecule has 0 aliphatic carbocycles. The normalized spacial score (nSPS) is 12.0. The molecule has 6 nitrogen and oxygen atoms in total. The van der Waals surface area contributed by atoms with Crippen LogP contribution in [0.15, 0.2) is 34.9 Å². The Bertz CT molecular complexity index is 674. The van der Waals surface area contributed by atoms with E-state index in [-0.39, 0.29) is 19.0 Å². The molecular weight excluding hydrogens is 296 g/mol. The predicted molar refractivity (Wildman–Crippen MR) is 83.9 cm³/mol. The Morgan fingerprint density at radius 2 is 1.91 bits per heavy atom. The van der Waals surface area contributed by atoms with Crippen LogP contribution in [0, 0.1) is 13.8 Å². The fourth-order valence-electron chi connectivity index (χ4n) is 2.68. The van der Waals surface area contributed by atoms with E-state index in [2.05, 4.69) is 5.16 Å². The van der Waals surface area contributed by atoms with Gasteiger partial charge in [-0.25, -0.2) is 0 Å². The molecule has 6 heteroatoms. The summed E-state index contributed by atoms with van der Waals surface area (Å²) in [5, 5.41) is 13.0. The molecule has 2 rings (SSSR count). The van der Waals surface area contributed by atoms with E-state index in [9.17, 15) is 9.59 Å². The molecule has 0 aliphatic rings. The highest BCUT2D eigenvalue weighted by Gasteiger charge is 2.28. The summed E-state index contributed by atoms with van der Waals surface area (Å²) in [6, 6.07) is 9.32. The summed E-state index contributed by atoms with van der Waals surface area (Å²) in [4.78, 5) is 25.2. The van der Waals surface area contributed by atoms with Crippen LogP contribution in [0.1, 0.15) is 35.4 Å². The van der Waals surface area contributed by atoms with Crippen LogP contribution in [0.4, 0.5) is 0 Å². The van der Waals surface area contributed by atoms with Crippen molar-refractivity contribution in [3.8, 4) is 0 Å². The first-order chi connectivity index (χ1) is 10.9. The Balaban J connectivity index is 2.24. The van der Waals surface area contributed by atoms with Gasteiger partial charge in [-0.3, -0.25) is 9.59 Å². The highest BCUT2D eigenvalue weighted by molar-refractivity contribution is 5.86. The third-order valence-corrected chi connectivity index (χ3v) is 3.75. The SMILES string of the molecule is Cc1noc(C)c1C(C)C(=O)N(CC(=O)O)Cc1ccccc1. The van der Waals surface area contributed by atoms with Crippen LogP contribution in [0.5, 0.6) is 0 Å². The number of hydrogen-bond donors (Lipinski definition) is 1. The summed E-state index contributed by atoms with van der Waals surface area (Å²) in [6.07, 6.45) is 0. The van der Waals surface area contributed by atoms with Gasteiger partial charge >= 0.3 is 5.97 Å². The number of carboxylic acid groups (broad SMARTS) is 1. The summed E-state index contributed by atoms with van der Waals surface area (Å²) >= 11 is 0. The average Bonchev–Trinajstić information content (AvgIpc) is 2.85. The summed E-state index contributed by atoms with van der Waals surface area (Å²) in [6.45, 7) is 5.17. The fraction of sp³-hybridized carbons (Fsp3) is 0.353. The number of nitrogens with zero attached hydrogens (tertiary/aromatic N) is 2.